The molecule has 0 aliphatic heterocycles. The van der Waals surface area contributed by atoms with Gasteiger partial charge in [-0.25, -0.2) is 4.39 Å². The largest absolute Gasteiger partial charge is 0.382 e. The molecule has 0 atom stereocenters. The highest BCUT2D eigenvalue weighted by molar-refractivity contribution is 14.0. The van der Waals surface area contributed by atoms with Gasteiger partial charge in [-0.05, 0) is 49.3 Å². The molecule has 0 spiro atoms. The number of guanidine groups is 1. The zero-order valence-corrected chi connectivity index (χ0v) is 18.8. The number of halogens is 2. The highest BCUT2D eigenvalue weighted by Gasteiger charge is 1.98. The molecule has 0 bridgehead atoms. The van der Waals surface area contributed by atoms with Crippen LogP contribution in [0.3, 0.4) is 0 Å². The van der Waals surface area contributed by atoms with Gasteiger partial charge in [-0.3, -0.25) is 4.99 Å². The van der Waals surface area contributed by atoms with Crippen LogP contribution in [-0.2, 0) is 9.47 Å². The van der Waals surface area contributed by atoms with Crippen molar-refractivity contribution >= 4 is 41.7 Å². The lowest BCUT2D eigenvalue weighted by molar-refractivity contribution is 0.0689. The Kier molecular flexibility index (Phi) is 17.4. The first-order valence-electron chi connectivity index (χ1n) is 8.66. The molecule has 150 valence electrons. The van der Waals surface area contributed by atoms with Crippen molar-refractivity contribution in [1.29, 1.82) is 0 Å². The monoisotopic (exact) mass is 499 g/mol. The number of nitrogens with zero attached hydrogens (tertiary/aromatic N) is 1. The Hall–Kier alpha value is -0.580. The van der Waals surface area contributed by atoms with Gasteiger partial charge >= 0.3 is 0 Å². The number of aliphatic imine (C=N–C) groups is 1. The van der Waals surface area contributed by atoms with Gasteiger partial charge in [0.25, 0.3) is 0 Å². The third kappa shape index (κ3) is 13.6. The SMILES string of the molecule is CN=C(NCCCCOCCOC)NCCCSc1ccc(F)cc1.I. The van der Waals surface area contributed by atoms with Gasteiger partial charge in [0.2, 0.25) is 0 Å². The lowest BCUT2D eigenvalue weighted by Gasteiger charge is -2.11. The van der Waals surface area contributed by atoms with Crippen LogP contribution < -0.4 is 10.6 Å². The van der Waals surface area contributed by atoms with Crippen LogP contribution in [-0.4, -0.2) is 58.8 Å². The van der Waals surface area contributed by atoms with Crippen LogP contribution in [0, 0.1) is 5.82 Å². The summed E-state index contributed by atoms with van der Waals surface area (Å²) >= 11 is 1.73. The highest BCUT2D eigenvalue weighted by Crippen LogP contribution is 2.18. The van der Waals surface area contributed by atoms with Crippen molar-refractivity contribution in [3.05, 3.63) is 30.1 Å². The van der Waals surface area contributed by atoms with Crippen LogP contribution in [0.4, 0.5) is 4.39 Å². The van der Waals surface area contributed by atoms with E-state index in [2.05, 4.69) is 15.6 Å². The number of methoxy groups -OCH3 is 1. The second-order valence-electron chi connectivity index (χ2n) is 5.39. The van der Waals surface area contributed by atoms with Gasteiger partial charge in [-0.15, -0.1) is 35.7 Å². The molecule has 5 nitrogen and oxygen atoms in total. The van der Waals surface area contributed by atoms with Crippen molar-refractivity contribution in [2.75, 3.05) is 52.8 Å². The molecule has 8 heteroatoms. The quantitative estimate of drug-likeness (QED) is 0.143. The second-order valence-corrected chi connectivity index (χ2v) is 6.56. The van der Waals surface area contributed by atoms with Gasteiger partial charge < -0.3 is 20.1 Å². The van der Waals surface area contributed by atoms with E-state index in [1.54, 1.807) is 25.9 Å². The molecule has 0 aliphatic rings. The van der Waals surface area contributed by atoms with Gasteiger partial charge in [0.1, 0.15) is 5.82 Å². The smallest absolute Gasteiger partial charge is 0.190 e. The minimum Gasteiger partial charge on any atom is -0.382 e. The molecule has 1 rings (SSSR count). The minimum atomic E-state index is -0.192. The molecule has 0 aromatic heterocycles. The maximum atomic E-state index is 12.8. The van der Waals surface area contributed by atoms with Gasteiger partial charge in [0, 0.05) is 38.7 Å². The Labute approximate surface area is 177 Å². The number of hydrogen-bond acceptors (Lipinski definition) is 4. The maximum Gasteiger partial charge on any atom is 0.190 e. The molecule has 2 N–H and O–H groups in total. The van der Waals surface area contributed by atoms with E-state index in [1.165, 1.54) is 12.1 Å². The van der Waals surface area contributed by atoms with Crippen LogP contribution in [0.1, 0.15) is 19.3 Å². The standard InChI is InChI=1S/C18H30FN3O2S.HI/c1-20-18(21-10-3-4-12-24-14-13-23-2)22-11-5-15-25-17-8-6-16(19)7-9-17;/h6-9H,3-5,10-15H2,1-2H3,(H2,20,21,22);1H. The van der Waals surface area contributed by atoms with Gasteiger partial charge in [-0.1, -0.05) is 0 Å². The third-order valence-electron chi connectivity index (χ3n) is 3.36. The average Bonchev–Trinajstić information content (AvgIpc) is 2.63. The van der Waals surface area contributed by atoms with Crippen molar-refractivity contribution in [2.45, 2.75) is 24.2 Å². The number of nitrogens with one attached hydrogen (secondary N) is 2. The summed E-state index contributed by atoms with van der Waals surface area (Å²) < 4.78 is 23.2. The molecule has 0 amide bonds. The summed E-state index contributed by atoms with van der Waals surface area (Å²) in [5.74, 6) is 1.61. The van der Waals surface area contributed by atoms with E-state index >= 15 is 0 Å². The fourth-order valence-corrected chi connectivity index (χ4v) is 2.85. The van der Waals surface area contributed by atoms with Crippen molar-refractivity contribution in [3.8, 4) is 0 Å². The minimum absolute atomic E-state index is 0. The summed E-state index contributed by atoms with van der Waals surface area (Å²) in [5, 5.41) is 6.60. The Morgan fingerprint density at radius 3 is 2.38 bits per heavy atom. The Balaban J connectivity index is 0.00000625. The molecular weight excluding hydrogens is 468 g/mol. The summed E-state index contributed by atoms with van der Waals surface area (Å²) in [6.45, 7) is 3.79. The zero-order valence-electron chi connectivity index (χ0n) is 15.6. The van der Waals surface area contributed by atoms with E-state index in [9.17, 15) is 4.39 Å². The first-order chi connectivity index (χ1) is 12.3. The van der Waals surface area contributed by atoms with Gasteiger partial charge in [0.05, 0.1) is 13.2 Å². The van der Waals surface area contributed by atoms with E-state index in [0.29, 0.717) is 13.2 Å². The number of benzene rings is 1. The van der Waals surface area contributed by atoms with Crippen molar-refractivity contribution in [3.63, 3.8) is 0 Å². The lowest BCUT2D eigenvalue weighted by atomic mass is 10.3. The summed E-state index contributed by atoms with van der Waals surface area (Å²) in [7, 11) is 3.45. The molecule has 0 saturated carbocycles. The second kappa shape index (κ2) is 17.8. The molecule has 26 heavy (non-hydrogen) atoms. The Morgan fingerprint density at radius 1 is 1.04 bits per heavy atom. The molecular formula is C18H31FIN3O2S. The first kappa shape index (κ1) is 25.4. The third-order valence-corrected chi connectivity index (χ3v) is 4.46. The number of ether oxygens (including phenoxy) is 2. The summed E-state index contributed by atoms with van der Waals surface area (Å²) in [5.41, 5.74) is 0. The van der Waals surface area contributed by atoms with E-state index in [4.69, 9.17) is 9.47 Å². The van der Waals surface area contributed by atoms with Gasteiger partial charge in [0.15, 0.2) is 5.96 Å². The van der Waals surface area contributed by atoms with Crippen molar-refractivity contribution in [2.24, 2.45) is 4.99 Å². The Bertz CT molecular complexity index is 478. The van der Waals surface area contributed by atoms with Crippen LogP contribution in [0.5, 0.6) is 0 Å². The molecule has 1 aromatic carbocycles. The normalized spacial score (nSPS) is 11.1. The molecule has 0 aliphatic carbocycles. The van der Waals surface area contributed by atoms with Crippen molar-refractivity contribution in [1.82, 2.24) is 10.6 Å². The van der Waals surface area contributed by atoms with Crippen LogP contribution in [0.2, 0.25) is 0 Å². The predicted molar refractivity (Wildman–Crippen MR) is 118 cm³/mol. The summed E-state index contributed by atoms with van der Waals surface area (Å²) in [6.07, 6.45) is 3.06. The van der Waals surface area contributed by atoms with E-state index in [1.807, 2.05) is 12.1 Å². The maximum absolute atomic E-state index is 12.8. The number of unbranched alkanes of at least 4 members (excludes halogenated alkanes) is 1. The summed E-state index contributed by atoms with van der Waals surface area (Å²) in [4.78, 5) is 5.30. The van der Waals surface area contributed by atoms with Crippen LogP contribution >= 0.6 is 35.7 Å². The molecule has 0 saturated heterocycles. The van der Waals surface area contributed by atoms with Crippen LogP contribution in [0.15, 0.2) is 34.2 Å². The summed E-state index contributed by atoms with van der Waals surface area (Å²) in [6, 6.07) is 6.61. The molecule has 1 aromatic rings. The van der Waals surface area contributed by atoms with E-state index in [-0.39, 0.29) is 29.8 Å². The fourth-order valence-electron chi connectivity index (χ4n) is 2.00. The molecule has 0 heterocycles. The molecule has 0 radical (unpaired) electrons. The number of thioether (sulfide) groups is 1. The molecule has 0 fully saturated rings. The van der Waals surface area contributed by atoms with Crippen LogP contribution in [0.25, 0.3) is 0 Å². The number of hydrogen-bond donors (Lipinski definition) is 2. The Morgan fingerprint density at radius 2 is 1.73 bits per heavy atom. The molecule has 0 unspecified atom stereocenters. The van der Waals surface area contributed by atoms with Gasteiger partial charge in [-0.2, -0.15) is 0 Å². The zero-order chi connectivity index (χ0) is 18.2. The van der Waals surface area contributed by atoms with Crippen molar-refractivity contribution < 1.29 is 13.9 Å². The van der Waals surface area contributed by atoms with E-state index in [0.717, 1.165) is 55.6 Å². The first-order valence-corrected chi connectivity index (χ1v) is 9.64. The fraction of sp³-hybridized carbons (Fsp3) is 0.611. The highest BCUT2D eigenvalue weighted by atomic mass is 127. The lowest BCUT2D eigenvalue weighted by Crippen LogP contribution is -2.38. The average molecular weight is 499 g/mol. The predicted octanol–water partition coefficient (Wildman–Crippen LogP) is 3.53. The van der Waals surface area contributed by atoms with E-state index < -0.39 is 0 Å². The number of rotatable bonds is 13. The topological polar surface area (TPSA) is 54.9 Å².